The topological polar surface area (TPSA) is 49.9 Å². The molecule has 5 nitrogen and oxygen atoms in total. The van der Waals surface area contributed by atoms with E-state index in [0.29, 0.717) is 50.0 Å². The summed E-state index contributed by atoms with van der Waals surface area (Å²) in [4.78, 5) is 3.22. The van der Waals surface area contributed by atoms with Gasteiger partial charge in [-0.15, -0.1) is 11.8 Å². The Hall–Kier alpha value is -1.84. The lowest BCUT2D eigenvalue weighted by atomic mass is 10.1. The van der Waals surface area contributed by atoms with E-state index in [0.717, 1.165) is 11.3 Å². The van der Waals surface area contributed by atoms with E-state index in [9.17, 15) is 17.2 Å². The number of likely N-dealkylation sites (tertiary alicyclic amines) is 1. The van der Waals surface area contributed by atoms with Crippen LogP contribution in [0, 0.1) is 0 Å². The molecule has 0 aliphatic carbocycles. The Kier molecular flexibility index (Phi) is 6.74. The Labute approximate surface area is 186 Å². The fourth-order valence-electron chi connectivity index (χ4n) is 3.81. The van der Waals surface area contributed by atoms with Gasteiger partial charge in [0, 0.05) is 55.7 Å². The van der Waals surface area contributed by atoms with E-state index < -0.39 is 15.9 Å². The number of thioether (sulfide) groups is 1. The average Bonchev–Trinajstić information content (AvgIpc) is 2.77. The second kappa shape index (κ2) is 9.34. The molecule has 2 aromatic rings. The number of nitrogens with zero attached hydrogens (tertiary/aromatic N) is 2. The van der Waals surface area contributed by atoms with Gasteiger partial charge in [-0.2, -0.15) is 0 Å². The molecule has 4 rings (SSSR count). The zero-order valence-electron chi connectivity index (χ0n) is 17.2. The van der Waals surface area contributed by atoms with Gasteiger partial charge in [0.05, 0.1) is 17.2 Å². The maximum Gasteiger partial charge on any atom is 0.264 e. The Morgan fingerprint density at radius 2 is 1.77 bits per heavy atom. The average molecular weight is 469 g/mol. The minimum Gasteiger partial charge on any atom is -0.493 e. The van der Waals surface area contributed by atoms with Gasteiger partial charge < -0.3 is 9.64 Å². The van der Waals surface area contributed by atoms with Crippen LogP contribution >= 0.6 is 11.8 Å². The lowest BCUT2D eigenvalue weighted by molar-refractivity contribution is -0.0554. The smallest absolute Gasteiger partial charge is 0.264 e. The number of sulfonamides is 1. The molecular formula is C22H26F2N2O3S2. The van der Waals surface area contributed by atoms with E-state index in [1.807, 2.05) is 17.0 Å². The first-order valence-electron chi connectivity index (χ1n) is 10.4. The Morgan fingerprint density at radius 3 is 2.52 bits per heavy atom. The van der Waals surface area contributed by atoms with Crippen LogP contribution in [0.5, 0.6) is 5.75 Å². The van der Waals surface area contributed by atoms with Crippen LogP contribution < -0.4 is 9.04 Å². The normalized spacial score (nSPS) is 19.1. The molecule has 0 amide bonds. The van der Waals surface area contributed by atoms with Crippen molar-refractivity contribution in [2.24, 2.45) is 0 Å². The van der Waals surface area contributed by atoms with Crippen molar-refractivity contribution in [3.8, 4) is 5.75 Å². The van der Waals surface area contributed by atoms with Crippen LogP contribution in [0.15, 0.2) is 58.3 Å². The predicted octanol–water partition coefficient (Wildman–Crippen LogP) is 4.49. The summed E-state index contributed by atoms with van der Waals surface area (Å²) in [5.74, 6) is -1.23. The second-order valence-corrected chi connectivity index (χ2v) is 10.8. The van der Waals surface area contributed by atoms with E-state index in [1.165, 1.54) is 4.31 Å². The predicted molar refractivity (Wildman–Crippen MR) is 119 cm³/mol. The number of ether oxygens (including phenoxy) is 1. The number of fused-ring (bicyclic) bond motifs is 1. The number of rotatable bonds is 7. The Bertz CT molecular complexity index is 993. The number of benzene rings is 2. The van der Waals surface area contributed by atoms with Crippen LogP contribution in [0.1, 0.15) is 19.3 Å². The lowest BCUT2D eigenvalue weighted by Gasteiger charge is -2.31. The molecule has 2 aromatic carbocycles. The van der Waals surface area contributed by atoms with Crippen molar-refractivity contribution >= 4 is 27.5 Å². The van der Waals surface area contributed by atoms with Crippen molar-refractivity contribution in [3.05, 3.63) is 48.5 Å². The summed E-state index contributed by atoms with van der Waals surface area (Å²) in [5.41, 5.74) is 0.635. The highest BCUT2D eigenvalue weighted by Crippen LogP contribution is 2.40. The summed E-state index contributed by atoms with van der Waals surface area (Å²) in [6, 6.07) is 14.0. The number of halogens is 2. The summed E-state index contributed by atoms with van der Waals surface area (Å²) in [5, 5.41) is 0. The Morgan fingerprint density at radius 1 is 1.03 bits per heavy atom. The highest BCUT2D eigenvalue weighted by Gasteiger charge is 2.33. The van der Waals surface area contributed by atoms with Crippen molar-refractivity contribution in [1.82, 2.24) is 4.90 Å². The number of piperidine rings is 1. The molecule has 2 heterocycles. The molecule has 0 unspecified atom stereocenters. The number of anilines is 1. The van der Waals surface area contributed by atoms with Gasteiger partial charge in [-0.1, -0.05) is 18.2 Å². The first-order valence-corrected chi connectivity index (χ1v) is 12.9. The number of alkyl halides is 2. The molecule has 0 saturated carbocycles. The van der Waals surface area contributed by atoms with Crippen molar-refractivity contribution in [2.75, 3.05) is 42.8 Å². The third-order valence-electron chi connectivity index (χ3n) is 5.56. The van der Waals surface area contributed by atoms with Gasteiger partial charge >= 0.3 is 0 Å². The second-order valence-electron chi connectivity index (χ2n) is 7.77. The van der Waals surface area contributed by atoms with Crippen molar-refractivity contribution < 1.29 is 21.9 Å². The SMILES string of the molecule is O=S(=O)(c1ccccc1)N1CCSc2ccc(OCCCN3CCC(F)(F)CC3)cc21. The van der Waals surface area contributed by atoms with Crippen molar-refractivity contribution in [2.45, 2.75) is 35.0 Å². The first kappa shape index (κ1) is 22.4. The van der Waals surface area contributed by atoms with E-state index in [2.05, 4.69) is 0 Å². The van der Waals surface area contributed by atoms with Crippen LogP contribution in [0.3, 0.4) is 0 Å². The van der Waals surface area contributed by atoms with E-state index >= 15 is 0 Å². The largest absolute Gasteiger partial charge is 0.493 e. The maximum absolute atomic E-state index is 13.2. The van der Waals surface area contributed by atoms with Crippen LogP contribution in [0.4, 0.5) is 14.5 Å². The van der Waals surface area contributed by atoms with Gasteiger partial charge in [0.15, 0.2) is 0 Å². The molecule has 0 radical (unpaired) electrons. The molecule has 0 bridgehead atoms. The van der Waals surface area contributed by atoms with Gasteiger partial charge in [-0.3, -0.25) is 4.31 Å². The van der Waals surface area contributed by atoms with Gasteiger partial charge in [0.25, 0.3) is 15.9 Å². The minimum absolute atomic E-state index is 0.0813. The summed E-state index contributed by atoms with van der Waals surface area (Å²) >= 11 is 1.63. The van der Waals surface area contributed by atoms with E-state index in [4.69, 9.17) is 4.74 Å². The fourth-order valence-corrected chi connectivity index (χ4v) is 6.46. The van der Waals surface area contributed by atoms with E-state index in [-0.39, 0.29) is 17.7 Å². The van der Waals surface area contributed by atoms with Gasteiger partial charge in [-0.05, 0) is 30.7 Å². The highest BCUT2D eigenvalue weighted by molar-refractivity contribution is 8.00. The fraction of sp³-hybridized carbons (Fsp3) is 0.455. The maximum atomic E-state index is 13.2. The zero-order chi connectivity index (χ0) is 21.9. The molecule has 0 spiro atoms. The molecule has 0 aromatic heterocycles. The molecule has 168 valence electrons. The molecule has 31 heavy (non-hydrogen) atoms. The quantitative estimate of drug-likeness (QED) is 0.561. The molecule has 1 saturated heterocycles. The number of hydrogen-bond donors (Lipinski definition) is 0. The molecule has 0 atom stereocenters. The summed E-state index contributed by atoms with van der Waals surface area (Å²) in [6.45, 7) is 2.39. The van der Waals surface area contributed by atoms with E-state index in [1.54, 1.807) is 48.2 Å². The molecule has 2 aliphatic heterocycles. The van der Waals surface area contributed by atoms with Gasteiger partial charge in [0.1, 0.15) is 5.75 Å². The third-order valence-corrected chi connectivity index (χ3v) is 8.43. The van der Waals surface area contributed by atoms with Crippen LogP contribution in [0.25, 0.3) is 0 Å². The zero-order valence-corrected chi connectivity index (χ0v) is 18.8. The molecular weight excluding hydrogens is 442 g/mol. The Balaban J connectivity index is 1.39. The van der Waals surface area contributed by atoms with Crippen molar-refractivity contribution in [3.63, 3.8) is 0 Å². The summed E-state index contributed by atoms with van der Waals surface area (Å²) in [6.07, 6.45) is 0.563. The van der Waals surface area contributed by atoms with Crippen LogP contribution in [-0.2, 0) is 10.0 Å². The molecule has 0 N–H and O–H groups in total. The summed E-state index contributed by atoms with van der Waals surface area (Å²) < 4.78 is 60.1. The van der Waals surface area contributed by atoms with Crippen LogP contribution in [-0.4, -0.2) is 57.8 Å². The monoisotopic (exact) mass is 468 g/mol. The molecule has 2 aliphatic rings. The molecule has 9 heteroatoms. The standard InChI is InChI=1S/C22H26F2N2O3S2/c23-22(24)9-12-25(13-10-22)11-4-15-29-18-7-8-21-20(17-18)26(14-16-30-21)31(27,28)19-5-2-1-3-6-19/h1-3,5-8,17H,4,9-16H2. The number of hydrogen-bond acceptors (Lipinski definition) is 5. The lowest BCUT2D eigenvalue weighted by Crippen LogP contribution is -2.40. The van der Waals surface area contributed by atoms with Gasteiger partial charge in [-0.25, -0.2) is 17.2 Å². The molecule has 1 fully saturated rings. The van der Waals surface area contributed by atoms with Crippen molar-refractivity contribution in [1.29, 1.82) is 0 Å². The first-order chi connectivity index (χ1) is 14.9. The van der Waals surface area contributed by atoms with Gasteiger partial charge in [0.2, 0.25) is 0 Å². The summed E-state index contributed by atoms with van der Waals surface area (Å²) in [7, 11) is -3.64. The van der Waals surface area contributed by atoms with Crippen LogP contribution in [0.2, 0.25) is 0 Å². The minimum atomic E-state index is -3.64. The third kappa shape index (κ3) is 5.32. The highest BCUT2D eigenvalue weighted by atomic mass is 32.2.